The van der Waals surface area contributed by atoms with E-state index >= 15 is 0 Å². The number of nitrogens with zero attached hydrogens (tertiary/aromatic N) is 2. The van der Waals surface area contributed by atoms with Crippen LogP contribution in [0.4, 0.5) is 5.69 Å². The van der Waals surface area contributed by atoms with E-state index in [0.29, 0.717) is 22.8 Å². The maximum absolute atomic E-state index is 13.5. The molecule has 2 aromatic rings. The maximum atomic E-state index is 13.5. The van der Waals surface area contributed by atoms with Gasteiger partial charge in [-0.1, -0.05) is 61.8 Å². The van der Waals surface area contributed by atoms with Gasteiger partial charge in [-0.25, -0.2) is 8.42 Å². The topological polar surface area (TPSA) is 86.8 Å². The number of rotatable bonds is 10. The van der Waals surface area contributed by atoms with Gasteiger partial charge >= 0.3 is 0 Å². The molecule has 2 aromatic carbocycles. The molecule has 0 aliphatic heterocycles. The van der Waals surface area contributed by atoms with E-state index in [1.165, 1.54) is 4.90 Å². The molecule has 0 spiro atoms. The van der Waals surface area contributed by atoms with Gasteiger partial charge in [0.25, 0.3) is 0 Å². The molecule has 0 saturated carbocycles. The van der Waals surface area contributed by atoms with Gasteiger partial charge in [-0.3, -0.25) is 13.9 Å². The van der Waals surface area contributed by atoms with Crippen molar-refractivity contribution in [2.45, 2.75) is 40.3 Å². The van der Waals surface area contributed by atoms with Gasteiger partial charge in [0.2, 0.25) is 21.8 Å². The predicted octanol–water partition coefficient (Wildman–Crippen LogP) is 3.60. The Labute approximate surface area is 201 Å². The molecule has 1 N–H and O–H groups in total. The van der Waals surface area contributed by atoms with Crippen LogP contribution in [0.25, 0.3) is 0 Å². The van der Waals surface area contributed by atoms with E-state index in [1.807, 2.05) is 44.2 Å². The lowest BCUT2D eigenvalue weighted by molar-refractivity contribution is -0.139. The second-order valence-electron chi connectivity index (χ2n) is 8.48. The van der Waals surface area contributed by atoms with Gasteiger partial charge in [-0.05, 0) is 43.0 Å². The summed E-state index contributed by atoms with van der Waals surface area (Å²) in [6, 6.07) is 13.4. The third-order valence-electron chi connectivity index (χ3n) is 5.23. The van der Waals surface area contributed by atoms with Crippen LogP contribution in [0.1, 0.15) is 31.9 Å². The van der Waals surface area contributed by atoms with Gasteiger partial charge < -0.3 is 10.2 Å². The molecule has 7 nitrogen and oxygen atoms in total. The average Bonchev–Trinajstić information content (AvgIpc) is 2.75. The molecule has 0 radical (unpaired) electrons. The molecule has 180 valence electrons. The largest absolute Gasteiger partial charge is 0.354 e. The van der Waals surface area contributed by atoms with E-state index in [4.69, 9.17) is 11.6 Å². The molecule has 2 rings (SSSR count). The molecule has 1 atom stereocenters. The molecular weight excluding hydrogens is 462 g/mol. The van der Waals surface area contributed by atoms with Gasteiger partial charge in [-0.15, -0.1) is 0 Å². The van der Waals surface area contributed by atoms with Crippen molar-refractivity contribution in [1.29, 1.82) is 0 Å². The van der Waals surface area contributed by atoms with Crippen molar-refractivity contribution in [3.63, 3.8) is 0 Å². The van der Waals surface area contributed by atoms with Crippen LogP contribution in [0.3, 0.4) is 0 Å². The molecule has 0 fully saturated rings. The highest BCUT2D eigenvalue weighted by atomic mass is 35.5. The molecule has 2 amide bonds. The van der Waals surface area contributed by atoms with Crippen molar-refractivity contribution in [3.05, 3.63) is 64.7 Å². The van der Waals surface area contributed by atoms with E-state index in [2.05, 4.69) is 5.32 Å². The first kappa shape index (κ1) is 26.7. The summed E-state index contributed by atoms with van der Waals surface area (Å²) >= 11 is 6.20. The van der Waals surface area contributed by atoms with Gasteiger partial charge in [0.1, 0.15) is 12.6 Å². The maximum Gasteiger partial charge on any atom is 0.244 e. The minimum atomic E-state index is -3.80. The predicted molar refractivity (Wildman–Crippen MR) is 133 cm³/mol. The van der Waals surface area contributed by atoms with Crippen LogP contribution in [0.2, 0.25) is 5.02 Å². The summed E-state index contributed by atoms with van der Waals surface area (Å²) in [5.41, 5.74) is 1.71. The zero-order chi connectivity index (χ0) is 24.8. The molecular formula is C24H32ClN3O4S. The summed E-state index contributed by atoms with van der Waals surface area (Å²) in [5, 5.41) is 3.25. The molecule has 0 aliphatic carbocycles. The second kappa shape index (κ2) is 11.5. The smallest absolute Gasteiger partial charge is 0.244 e. The normalized spacial score (nSPS) is 12.3. The Morgan fingerprint density at radius 2 is 1.67 bits per heavy atom. The van der Waals surface area contributed by atoms with Crippen LogP contribution in [0, 0.1) is 12.8 Å². The Morgan fingerprint density at radius 1 is 1.03 bits per heavy atom. The summed E-state index contributed by atoms with van der Waals surface area (Å²) < 4.78 is 26.3. The van der Waals surface area contributed by atoms with Crippen LogP contribution in [-0.4, -0.2) is 50.5 Å². The third kappa shape index (κ3) is 7.47. The quantitative estimate of drug-likeness (QED) is 0.547. The number of hydrogen-bond donors (Lipinski definition) is 1. The summed E-state index contributed by atoms with van der Waals surface area (Å²) in [7, 11) is -3.80. The highest BCUT2D eigenvalue weighted by Gasteiger charge is 2.30. The summed E-state index contributed by atoms with van der Waals surface area (Å²) in [4.78, 5) is 27.7. The van der Waals surface area contributed by atoms with Crippen molar-refractivity contribution in [1.82, 2.24) is 10.2 Å². The Balaban J connectivity index is 2.38. The number of sulfonamides is 1. The molecule has 0 bridgehead atoms. The van der Waals surface area contributed by atoms with Crippen LogP contribution in [0.15, 0.2) is 48.5 Å². The Bertz CT molecular complexity index is 1070. The van der Waals surface area contributed by atoms with Crippen LogP contribution < -0.4 is 9.62 Å². The average molecular weight is 494 g/mol. The Kier molecular flexibility index (Phi) is 9.31. The zero-order valence-corrected chi connectivity index (χ0v) is 21.3. The SMILES string of the molecule is Cc1c(Cl)cccc1N(CC(=O)N(Cc1ccccc1)[C@@H](C)C(=O)NCC(C)C)S(C)(=O)=O. The second-order valence-corrected chi connectivity index (χ2v) is 10.8. The number of nitrogens with one attached hydrogen (secondary N) is 1. The molecule has 0 unspecified atom stereocenters. The fourth-order valence-corrected chi connectivity index (χ4v) is 4.35. The summed E-state index contributed by atoms with van der Waals surface area (Å²) in [6.07, 6.45) is 1.04. The minimum Gasteiger partial charge on any atom is -0.354 e. The summed E-state index contributed by atoms with van der Waals surface area (Å²) in [5.74, 6) is -0.528. The lowest BCUT2D eigenvalue weighted by Gasteiger charge is -2.32. The van der Waals surface area contributed by atoms with Gasteiger partial charge in [0, 0.05) is 18.1 Å². The monoisotopic (exact) mass is 493 g/mol. The summed E-state index contributed by atoms with van der Waals surface area (Å²) in [6.45, 7) is 7.50. The van der Waals surface area contributed by atoms with Crippen molar-refractivity contribution in [2.24, 2.45) is 5.92 Å². The zero-order valence-electron chi connectivity index (χ0n) is 19.7. The first-order chi connectivity index (χ1) is 15.4. The van der Waals surface area contributed by atoms with Crippen molar-refractivity contribution < 1.29 is 18.0 Å². The number of benzene rings is 2. The van der Waals surface area contributed by atoms with E-state index in [1.54, 1.807) is 32.0 Å². The van der Waals surface area contributed by atoms with Crippen molar-refractivity contribution in [3.8, 4) is 0 Å². The van der Waals surface area contributed by atoms with Crippen LogP contribution in [-0.2, 0) is 26.2 Å². The molecule has 0 saturated heterocycles. The van der Waals surface area contributed by atoms with E-state index in [9.17, 15) is 18.0 Å². The van der Waals surface area contributed by atoms with Crippen LogP contribution >= 0.6 is 11.6 Å². The minimum absolute atomic E-state index is 0.169. The Hall–Kier alpha value is -2.58. The highest BCUT2D eigenvalue weighted by Crippen LogP contribution is 2.28. The van der Waals surface area contributed by atoms with E-state index in [0.717, 1.165) is 16.1 Å². The number of carbonyl (C=O) groups excluding carboxylic acids is 2. The number of halogens is 1. The molecule has 33 heavy (non-hydrogen) atoms. The third-order valence-corrected chi connectivity index (χ3v) is 6.77. The molecule has 0 heterocycles. The first-order valence-corrected chi connectivity index (χ1v) is 13.0. The van der Waals surface area contributed by atoms with Gasteiger partial charge in [0.05, 0.1) is 11.9 Å². The Morgan fingerprint density at radius 3 is 2.24 bits per heavy atom. The number of carbonyl (C=O) groups is 2. The van der Waals surface area contributed by atoms with E-state index < -0.39 is 28.5 Å². The molecule has 9 heteroatoms. The number of hydrogen-bond acceptors (Lipinski definition) is 4. The first-order valence-electron chi connectivity index (χ1n) is 10.8. The lowest BCUT2D eigenvalue weighted by atomic mass is 10.1. The van der Waals surface area contributed by atoms with Gasteiger partial charge in [-0.2, -0.15) is 0 Å². The van der Waals surface area contributed by atoms with Gasteiger partial charge in [0.15, 0.2) is 0 Å². The number of amides is 2. The number of anilines is 1. The standard InChI is InChI=1S/C24H32ClN3O4S/c1-17(2)14-26-24(30)19(4)27(15-20-10-7-6-8-11-20)23(29)16-28(33(5,31)32)22-13-9-12-21(25)18(22)3/h6-13,17,19H,14-16H2,1-5H3,(H,26,30)/t19-/m0/s1. The highest BCUT2D eigenvalue weighted by molar-refractivity contribution is 7.92. The molecule has 0 aliphatic rings. The fraction of sp³-hybridized carbons (Fsp3) is 0.417. The van der Waals surface area contributed by atoms with Crippen molar-refractivity contribution >= 4 is 39.1 Å². The van der Waals surface area contributed by atoms with E-state index in [-0.39, 0.29) is 18.4 Å². The fourth-order valence-electron chi connectivity index (χ4n) is 3.28. The van der Waals surface area contributed by atoms with Crippen molar-refractivity contribution in [2.75, 3.05) is 23.7 Å². The molecule has 0 aromatic heterocycles. The van der Waals surface area contributed by atoms with Crippen LogP contribution in [0.5, 0.6) is 0 Å². The lowest BCUT2D eigenvalue weighted by Crippen LogP contribution is -2.51.